The van der Waals surface area contributed by atoms with Gasteiger partial charge in [0.15, 0.2) is 11.5 Å². The van der Waals surface area contributed by atoms with Crippen molar-refractivity contribution in [1.29, 1.82) is 0 Å². The van der Waals surface area contributed by atoms with E-state index >= 15 is 0 Å². The number of nitrogens with zero attached hydrogens (tertiary/aromatic N) is 1. The number of amides is 2. The van der Waals surface area contributed by atoms with Crippen molar-refractivity contribution < 1.29 is 14.3 Å². The Hall–Kier alpha value is -4.20. The van der Waals surface area contributed by atoms with Crippen LogP contribution in [0.1, 0.15) is 22.6 Å². The average Bonchev–Trinajstić information content (AvgIpc) is 2.96. The second-order valence-corrected chi connectivity index (χ2v) is 10.1. The summed E-state index contributed by atoms with van der Waals surface area (Å²) < 4.78 is 11.2. The molecule has 7 nitrogen and oxygen atoms in total. The van der Waals surface area contributed by atoms with Crippen LogP contribution in [0, 0.1) is 0 Å². The van der Waals surface area contributed by atoms with E-state index in [0.29, 0.717) is 39.5 Å². The Labute approximate surface area is 243 Å². The monoisotopic (exact) mass is 574 g/mol. The maximum absolute atomic E-state index is 12.4. The molecule has 0 aromatic heterocycles. The number of ether oxygens (including phenoxy) is 2. The van der Waals surface area contributed by atoms with E-state index < -0.39 is 0 Å². The van der Waals surface area contributed by atoms with Gasteiger partial charge in [-0.15, -0.1) is 0 Å². The first kappa shape index (κ1) is 27.4. The van der Waals surface area contributed by atoms with Gasteiger partial charge in [-0.25, -0.2) is 4.79 Å². The molecule has 204 valence electrons. The van der Waals surface area contributed by atoms with Gasteiger partial charge >= 0.3 is 6.03 Å². The SMILES string of the molecule is COc1cc2c(cc1OC)C(Cc1ccc(NC(=O)Nc3ccccc3Cl)cc1)CN=C2Nc1cccc(Cl)c1. The second-order valence-electron chi connectivity index (χ2n) is 9.28. The van der Waals surface area contributed by atoms with Gasteiger partial charge in [-0.3, -0.25) is 4.99 Å². The van der Waals surface area contributed by atoms with Gasteiger partial charge in [0, 0.05) is 34.4 Å². The molecule has 1 heterocycles. The first-order valence-corrected chi connectivity index (χ1v) is 13.4. The van der Waals surface area contributed by atoms with Crippen molar-refractivity contribution in [2.75, 3.05) is 36.7 Å². The summed E-state index contributed by atoms with van der Waals surface area (Å²) in [4.78, 5) is 17.3. The minimum atomic E-state index is -0.364. The molecule has 40 heavy (non-hydrogen) atoms. The van der Waals surface area contributed by atoms with Crippen LogP contribution in [0.3, 0.4) is 0 Å². The van der Waals surface area contributed by atoms with Crippen molar-refractivity contribution in [3.63, 3.8) is 0 Å². The summed E-state index contributed by atoms with van der Waals surface area (Å²) in [6, 6.07) is 26.0. The highest BCUT2D eigenvalue weighted by atomic mass is 35.5. The number of carbonyl (C=O) groups is 1. The fourth-order valence-electron chi connectivity index (χ4n) is 4.66. The smallest absolute Gasteiger partial charge is 0.323 e. The quantitative estimate of drug-likeness (QED) is 0.210. The molecule has 5 rings (SSSR count). The number of methoxy groups -OCH3 is 2. The molecule has 0 radical (unpaired) electrons. The Kier molecular flexibility index (Phi) is 8.43. The predicted octanol–water partition coefficient (Wildman–Crippen LogP) is 7.85. The van der Waals surface area contributed by atoms with E-state index in [0.717, 1.165) is 34.6 Å². The van der Waals surface area contributed by atoms with Crippen LogP contribution in [0.2, 0.25) is 10.0 Å². The first-order chi connectivity index (χ1) is 19.4. The van der Waals surface area contributed by atoms with E-state index in [-0.39, 0.29) is 11.9 Å². The van der Waals surface area contributed by atoms with E-state index in [1.807, 2.05) is 72.8 Å². The van der Waals surface area contributed by atoms with E-state index in [4.69, 9.17) is 37.7 Å². The molecule has 1 atom stereocenters. The molecule has 0 bridgehead atoms. The van der Waals surface area contributed by atoms with Crippen LogP contribution in [-0.2, 0) is 6.42 Å². The van der Waals surface area contributed by atoms with Crippen LogP contribution in [0.25, 0.3) is 0 Å². The number of rotatable bonds is 7. The standard InChI is InChI=1S/C31H28Cl2N4O3/c1-39-28-16-24-20(18-34-30(25(24)17-29(28)40-2)35-23-7-5-6-21(32)15-23)14-19-10-12-22(13-11-19)36-31(38)37-27-9-4-3-8-26(27)33/h3-13,15-17,20H,14,18H2,1-2H3,(H,34,35)(H2,36,37,38). The number of halogens is 2. The fourth-order valence-corrected chi connectivity index (χ4v) is 5.04. The van der Waals surface area contributed by atoms with Crippen molar-refractivity contribution >= 4 is 52.1 Å². The molecule has 0 fully saturated rings. The summed E-state index contributed by atoms with van der Waals surface area (Å²) in [5, 5.41) is 10.1. The van der Waals surface area contributed by atoms with Crippen molar-refractivity contribution in [2.24, 2.45) is 4.99 Å². The van der Waals surface area contributed by atoms with Gasteiger partial charge in [0.25, 0.3) is 0 Å². The molecule has 0 spiro atoms. The zero-order valence-electron chi connectivity index (χ0n) is 22.0. The van der Waals surface area contributed by atoms with Crippen LogP contribution in [0.15, 0.2) is 89.9 Å². The molecule has 3 N–H and O–H groups in total. The third-order valence-electron chi connectivity index (χ3n) is 6.62. The number of benzene rings is 4. The van der Waals surface area contributed by atoms with Gasteiger partial charge in [0.2, 0.25) is 0 Å². The van der Waals surface area contributed by atoms with Crippen molar-refractivity contribution in [1.82, 2.24) is 0 Å². The topological polar surface area (TPSA) is 84.0 Å². The Morgan fingerprint density at radius 2 is 1.62 bits per heavy atom. The molecule has 0 saturated heterocycles. The lowest BCUT2D eigenvalue weighted by molar-refractivity contribution is 0.262. The molecule has 1 unspecified atom stereocenters. The van der Waals surface area contributed by atoms with Crippen LogP contribution in [0.5, 0.6) is 11.5 Å². The van der Waals surface area contributed by atoms with Gasteiger partial charge in [0.1, 0.15) is 5.84 Å². The number of para-hydroxylation sites is 1. The third-order valence-corrected chi connectivity index (χ3v) is 7.19. The first-order valence-electron chi connectivity index (χ1n) is 12.7. The zero-order chi connectivity index (χ0) is 28.1. The van der Waals surface area contributed by atoms with Crippen LogP contribution in [-0.4, -0.2) is 32.6 Å². The van der Waals surface area contributed by atoms with Gasteiger partial charge in [-0.1, -0.05) is 53.5 Å². The number of carbonyl (C=O) groups excluding carboxylic acids is 1. The summed E-state index contributed by atoms with van der Waals surface area (Å²) in [5.41, 5.74) is 5.25. The summed E-state index contributed by atoms with van der Waals surface area (Å²) in [5.74, 6) is 2.16. The number of urea groups is 1. The molecule has 4 aromatic carbocycles. The second kappa shape index (κ2) is 12.3. The molecule has 2 amide bonds. The van der Waals surface area contributed by atoms with E-state index in [9.17, 15) is 4.79 Å². The Balaban J connectivity index is 1.33. The van der Waals surface area contributed by atoms with Crippen molar-refractivity contribution in [3.05, 3.63) is 112 Å². The zero-order valence-corrected chi connectivity index (χ0v) is 23.5. The number of hydrogen-bond donors (Lipinski definition) is 3. The highest BCUT2D eigenvalue weighted by molar-refractivity contribution is 6.33. The van der Waals surface area contributed by atoms with E-state index in [1.165, 1.54) is 0 Å². The number of amidine groups is 1. The molecule has 9 heteroatoms. The highest BCUT2D eigenvalue weighted by Gasteiger charge is 2.26. The number of hydrogen-bond acceptors (Lipinski definition) is 5. The maximum Gasteiger partial charge on any atom is 0.323 e. The lowest BCUT2D eigenvalue weighted by Gasteiger charge is -2.27. The van der Waals surface area contributed by atoms with Gasteiger partial charge in [-0.2, -0.15) is 0 Å². The Bertz CT molecular complexity index is 1560. The summed E-state index contributed by atoms with van der Waals surface area (Å²) in [6.45, 7) is 0.589. The largest absolute Gasteiger partial charge is 0.493 e. The number of aliphatic imine (C=N–C) groups is 1. The molecular formula is C31H28Cl2N4O3. The molecular weight excluding hydrogens is 547 g/mol. The number of nitrogens with one attached hydrogen (secondary N) is 3. The predicted molar refractivity (Wildman–Crippen MR) is 163 cm³/mol. The fraction of sp³-hybridized carbons (Fsp3) is 0.161. The number of anilines is 3. The minimum absolute atomic E-state index is 0.113. The van der Waals surface area contributed by atoms with Crippen molar-refractivity contribution in [3.8, 4) is 11.5 Å². The summed E-state index contributed by atoms with van der Waals surface area (Å²) in [7, 11) is 3.25. The minimum Gasteiger partial charge on any atom is -0.493 e. The van der Waals surface area contributed by atoms with Crippen LogP contribution in [0.4, 0.5) is 21.9 Å². The van der Waals surface area contributed by atoms with Crippen LogP contribution >= 0.6 is 23.2 Å². The molecule has 4 aromatic rings. The lowest BCUT2D eigenvalue weighted by Crippen LogP contribution is -2.25. The van der Waals surface area contributed by atoms with Crippen LogP contribution < -0.4 is 25.4 Å². The van der Waals surface area contributed by atoms with Crippen molar-refractivity contribution in [2.45, 2.75) is 12.3 Å². The average molecular weight is 575 g/mol. The Morgan fingerprint density at radius 1 is 0.875 bits per heavy atom. The maximum atomic E-state index is 12.4. The normalized spacial score (nSPS) is 14.0. The Morgan fingerprint density at radius 3 is 2.35 bits per heavy atom. The molecule has 0 saturated carbocycles. The van der Waals surface area contributed by atoms with E-state index in [2.05, 4.69) is 16.0 Å². The molecule has 1 aliphatic heterocycles. The highest BCUT2D eigenvalue weighted by Crippen LogP contribution is 2.38. The van der Waals surface area contributed by atoms with Gasteiger partial charge in [-0.05, 0) is 72.1 Å². The van der Waals surface area contributed by atoms with Gasteiger partial charge < -0.3 is 25.4 Å². The van der Waals surface area contributed by atoms with Gasteiger partial charge in [0.05, 0.1) is 24.9 Å². The van der Waals surface area contributed by atoms with E-state index in [1.54, 1.807) is 26.4 Å². The lowest BCUT2D eigenvalue weighted by atomic mass is 9.86. The summed E-state index contributed by atoms with van der Waals surface area (Å²) >= 11 is 12.3. The summed E-state index contributed by atoms with van der Waals surface area (Å²) in [6.07, 6.45) is 0.753. The third kappa shape index (κ3) is 6.33. The molecule has 0 aliphatic carbocycles. The molecule has 1 aliphatic rings. The number of fused-ring (bicyclic) bond motifs is 1.